The zero-order chi connectivity index (χ0) is 17.3. The lowest BCUT2D eigenvalue weighted by molar-refractivity contribution is 0.552. The number of benzene rings is 2. The fraction of sp³-hybridized carbons (Fsp3) is 0. The smallest absolute Gasteiger partial charge is 0.253 e. The molecule has 10 heteroatoms. The van der Waals surface area contributed by atoms with Gasteiger partial charge in [0.15, 0.2) is 0 Å². The van der Waals surface area contributed by atoms with Gasteiger partial charge < -0.3 is 0 Å². The number of halogens is 3. The summed E-state index contributed by atoms with van der Waals surface area (Å²) < 4.78 is 53.8. The normalized spacial score (nSPS) is 11.5. The molecule has 1 heterocycles. The predicted octanol–water partition coefficient (Wildman–Crippen LogP) is 4.05. The van der Waals surface area contributed by atoms with Crippen molar-refractivity contribution in [2.75, 3.05) is 4.72 Å². The molecule has 0 radical (unpaired) electrons. The average molecular weight is 432 g/mol. The summed E-state index contributed by atoms with van der Waals surface area (Å²) in [5.41, 5.74) is 0.765. The minimum Gasteiger partial charge on any atom is -0.253 e. The van der Waals surface area contributed by atoms with Crippen molar-refractivity contribution in [2.45, 2.75) is 4.90 Å². The van der Waals surface area contributed by atoms with E-state index in [2.05, 4.69) is 30.8 Å². The molecule has 0 atom stereocenters. The van der Waals surface area contributed by atoms with E-state index in [9.17, 15) is 17.2 Å². The van der Waals surface area contributed by atoms with Crippen LogP contribution in [-0.4, -0.2) is 18.6 Å². The lowest BCUT2D eigenvalue weighted by Gasteiger charge is -2.06. The van der Waals surface area contributed by atoms with Crippen LogP contribution in [0.15, 0.2) is 51.8 Å². The van der Waals surface area contributed by atoms with E-state index >= 15 is 0 Å². The Labute approximate surface area is 148 Å². The fourth-order valence-electron chi connectivity index (χ4n) is 1.84. The van der Waals surface area contributed by atoms with Crippen molar-refractivity contribution in [1.29, 1.82) is 0 Å². The number of anilines is 1. The van der Waals surface area contributed by atoms with E-state index in [1.165, 1.54) is 0 Å². The Bertz CT molecular complexity index is 995. The van der Waals surface area contributed by atoms with Gasteiger partial charge in [0.05, 0.1) is 4.47 Å². The van der Waals surface area contributed by atoms with Crippen LogP contribution in [0.4, 0.5) is 13.9 Å². The summed E-state index contributed by atoms with van der Waals surface area (Å²) in [6.07, 6.45) is 0. The lowest BCUT2D eigenvalue weighted by atomic mass is 10.2. The number of nitrogens with one attached hydrogen (secondary N) is 1. The molecule has 24 heavy (non-hydrogen) atoms. The number of hydrogen-bond acceptors (Lipinski definition) is 5. The third-order valence-corrected chi connectivity index (χ3v) is 5.91. The molecule has 3 aromatic rings. The molecule has 0 aliphatic carbocycles. The third kappa shape index (κ3) is 3.45. The zero-order valence-corrected chi connectivity index (χ0v) is 14.9. The van der Waals surface area contributed by atoms with Gasteiger partial charge in [0.25, 0.3) is 10.0 Å². The largest absolute Gasteiger partial charge is 0.266 e. The SMILES string of the molecule is O=S(=O)(Nc1nnc(-c2ccccc2)s1)c1cc(F)c(Br)cc1F. The molecule has 124 valence electrons. The van der Waals surface area contributed by atoms with E-state index in [0.29, 0.717) is 11.1 Å². The molecule has 0 amide bonds. The molecule has 3 rings (SSSR count). The second kappa shape index (κ2) is 6.54. The van der Waals surface area contributed by atoms with Gasteiger partial charge in [0.2, 0.25) is 5.13 Å². The average Bonchev–Trinajstić information content (AvgIpc) is 2.99. The second-order valence-corrected chi connectivity index (χ2v) is 8.06. The highest BCUT2D eigenvalue weighted by Crippen LogP contribution is 2.29. The van der Waals surface area contributed by atoms with Crippen LogP contribution in [0.1, 0.15) is 0 Å². The van der Waals surface area contributed by atoms with Crippen LogP contribution in [0.25, 0.3) is 10.6 Å². The minimum absolute atomic E-state index is 0.0448. The Morgan fingerprint density at radius 3 is 2.46 bits per heavy atom. The van der Waals surface area contributed by atoms with Crippen molar-refractivity contribution in [3.63, 3.8) is 0 Å². The van der Waals surface area contributed by atoms with E-state index in [1.807, 2.05) is 6.07 Å². The first kappa shape index (κ1) is 16.9. The quantitative estimate of drug-likeness (QED) is 0.632. The number of rotatable bonds is 4. The summed E-state index contributed by atoms with van der Waals surface area (Å²) in [5.74, 6) is -1.97. The van der Waals surface area contributed by atoms with Gasteiger partial charge in [0.1, 0.15) is 21.5 Å². The summed E-state index contributed by atoms with van der Waals surface area (Å²) in [7, 11) is -4.33. The van der Waals surface area contributed by atoms with Gasteiger partial charge in [-0.05, 0) is 28.1 Å². The van der Waals surface area contributed by atoms with Crippen molar-refractivity contribution in [3.8, 4) is 10.6 Å². The number of nitrogens with zero attached hydrogens (tertiary/aromatic N) is 2. The van der Waals surface area contributed by atoms with Crippen LogP contribution in [-0.2, 0) is 10.0 Å². The van der Waals surface area contributed by atoms with Gasteiger partial charge in [-0.25, -0.2) is 17.2 Å². The molecule has 5 nitrogen and oxygen atoms in total. The summed E-state index contributed by atoms with van der Waals surface area (Å²) in [6, 6.07) is 10.4. The van der Waals surface area contributed by atoms with Crippen LogP contribution in [0, 0.1) is 11.6 Å². The summed E-state index contributed by atoms with van der Waals surface area (Å²) in [5, 5.41) is 8.06. The lowest BCUT2D eigenvalue weighted by Crippen LogP contribution is -2.15. The number of aromatic nitrogens is 2. The van der Waals surface area contributed by atoms with Gasteiger partial charge >= 0.3 is 0 Å². The van der Waals surface area contributed by atoms with Crippen LogP contribution in [0.5, 0.6) is 0 Å². The Morgan fingerprint density at radius 1 is 1.04 bits per heavy atom. The van der Waals surface area contributed by atoms with Crippen molar-refractivity contribution in [3.05, 3.63) is 58.6 Å². The van der Waals surface area contributed by atoms with E-state index in [4.69, 9.17) is 0 Å². The van der Waals surface area contributed by atoms with E-state index < -0.39 is 26.6 Å². The monoisotopic (exact) mass is 431 g/mol. The summed E-state index contributed by atoms with van der Waals surface area (Å²) in [6.45, 7) is 0. The van der Waals surface area contributed by atoms with Crippen LogP contribution >= 0.6 is 27.3 Å². The molecular formula is C14H8BrF2N3O2S2. The van der Waals surface area contributed by atoms with Gasteiger partial charge in [-0.2, -0.15) is 0 Å². The van der Waals surface area contributed by atoms with Crippen LogP contribution in [0.3, 0.4) is 0 Å². The maximum atomic E-state index is 13.9. The molecule has 0 unspecified atom stereocenters. The Balaban J connectivity index is 1.91. The molecule has 0 aliphatic heterocycles. The topological polar surface area (TPSA) is 72.0 Å². The van der Waals surface area contributed by atoms with Crippen LogP contribution in [0.2, 0.25) is 0 Å². The molecular weight excluding hydrogens is 424 g/mol. The van der Waals surface area contributed by atoms with Crippen LogP contribution < -0.4 is 4.72 Å². The first-order valence-electron chi connectivity index (χ1n) is 6.43. The Kier molecular flexibility index (Phi) is 4.61. The Morgan fingerprint density at radius 2 is 1.75 bits per heavy atom. The van der Waals surface area contributed by atoms with Crippen molar-refractivity contribution < 1.29 is 17.2 Å². The van der Waals surface area contributed by atoms with E-state index in [-0.39, 0.29) is 9.60 Å². The van der Waals surface area contributed by atoms with Gasteiger partial charge in [-0.3, -0.25) is 4.72 Å². The predicted molar refractivity (Wildman–Crippen MR) is 90.2 cm³/mol. The molecule has 0 fully saturated rings. The molecule has 1 aromatic heterocycles. The highest BCUT2D eigenvalue weighted by atomic mass is 79.9. The second-order valence-electron chi connectivity index (χ2n) is 4.58. The van der Waals surface area contributed by atoms with E-state index in [1.54, 1.807) is 24.3 Å². The first-order valence-corrected chi connectivity index (χ1v) is 9.52. The summed E-state index contributed by atoms with van der Waals surface area (Å²) in [4.78, 5) is -0.806. The minimum atomic E-state index is -4.33. The zero-order valence-electron chi connectivity index (χ0n) is 11.7. The van der Waals surface area contributed by atoms with Gasteiger partial charge in [-0.1, -0.05) is 41.7 Å². The summed E-state index contributed by atoms with van der Waals surface area (Å²) >= 11 is 3.78. The maximum Gasteiger partial charge on any atom is 0.266 e. The molecule has 0 spiro atoms. The molecule has 1 N–H and O–H groups in total. The van der Waals surface area contributed by atoms with Gasteiger partial charge in [0, 0.05) is 5.56 Å². The highest BCUT2D eigenvalue weighted by molar-refractivity contribution is 9.10. The molecule has 0 saturated carbocycles. The molecule has 0 aliphatic rings. The maximum absolute atomic E-state index is 13.9. The molecule has 0 bridgehead atoms. The Hall–Kier alpha value is -1.91. The molecule has 0 saturated heterocycles. The van der Waals surface area contributed by atoms with Gasteiger partial charge in [-0.15, -0.1) is 10.2 Å². The highest BCUT2D eigenvalue weighted by Gasteiger charge is 2.23. The van der Waals surface area contributed by atoms with E-state index in [0.717, 1.165) is 23.0 Å². The fourth-order valence-corrected chi connectivity index (χ4v) is 4.21. The number of hydrogen-bond donors (Lipinski definition) is 1. The van der Waals surface area contributed by atoms with Crippen molar-refractivity contribution >= 4 is 42.4 Å². The first-order chi connectivity index (χ1) is 11.4. The third-order valence-electron chi connectivity index (χ3n) is 2.93. The van der Waals surface area contributed by atoms with Crippen molar-refractivity contribution in [1.82, 2.24) is 10.2 Å². The van der Waals surface area contributed by atoms with Crippen molar-refractivity contribution in [2.24, 2.45) is 0 Å². The number of sulfonamides is 1. The molecule has 2 aromatic carbocycles. The standard InChI is InChI=1S/C14H8BrF2N3O2S2/c15-9-6-11(17)12(7-10(9)16)24(21,22)20-14-19-18-13(23-14)8-4-2-1-3-5-8/h1-7H,(H,19,20).